The molecule has 2 aromatic rings. The number of piperidine rings is 1. The Balaban J connectivity index is 2.05. The van der Waals surface area contributed by atoms with Crippen LogP contribution < -0.4 is 9.62 Å². The number of hydrogen-bond donors (Lipinski definition) is 2. The zero-order valence-electron chi connectivity index (χ0n) is 15.5. The maximum absolute atomic E-state index is 13.2. The molecule has 30 heavy (non-hydrogen) atoms. The highest BCUT2D eigenvalue weighted by Gasteiger charge is 2.32. The topological polar surface area (TPSA) is 86.7 Å². The minimum Gasteiger partial charge on any atom is -0.478 e. The number of sulfonamides is 1. The summed E-state index contributed by atoms with van der Waals surface area (Å²) < 4.78 is 67.5. The molecule has 6 nitrogen and oxygen atoms in total. The van der Waals surface area contributed by atoms with E-state index in [0.717, 1.165) is 49.6 Å². The molecule has 0 unspecified atom stereocenters. The van der Waals surface area contributed by atoms with Crippen molar-refractivity contribution in [3.05, 3.63) is 52.5 Å². The maximum atomic E-state index is 13.2. The van der Waals surface area contributed by atoms with Crippen LogP contribution in [0.4, 0.5) is 24.5 Å². The number of carbonyl (C=O) groups is 1. The summed E-state index contributed by atoms with van der Waals surface area (Å²) in [6.07, 6.45) is -1.99. The molecule has 0 aliphatic carbocycles. The van der Waals surface area contributed by atoms with Crippen LogP contribution in [0.15, 0.2) is 41.3 Å². The number of anilines is 2. The van der Waals surface area contributed by atoms with Crippen LogP contribution in [0.25, 0.3) is 0 Å². The standard InChI is InChI=1S/C19H18ClF3N2O4S/c20-15-6-5-13(11-14(15)18(26)27)30(28,29)24-16-10-12(19(21,22)23)4-7-17(16)25-8-2-1-3-9-25/h4-7,10-11,24H,1-3,8-9H2,(H,26,27). The second-order valence-electron chi connectivity index (χ2n) is 6.83. The number of benzene rings is 2. The third-order valence-electron chi connectivity index (χ3n) is 4.74. The SMILES string of the molecule is O=C(O)c1cc(S(=O)(=O)Nc2cc(C(F)(F)F)ccc2N2CCCCC2)ccc1Cl. The van der Waals surface area contributed by atoms with E-state index in [-0.39, 0.29) is 10.7 Å². The zero-order valence-corrected chi connectivity index (χ0v) is 17.1. The highest BCUT2D eigenvalue weighted by Crippen LogP contribution is 2.37. The van der Waals surface area contributed by atoms with Gasteiger partial charge in [0, 0.05) is 13.1 Å². The predicted molar refractivity (Wildman–Crippen MR) is 107 cm³/mol. The molecule has 0 amide bonds. The molecule has 0 atom stereocenters. The van der Waals surface area contributed by atoms with Crippen molar-refractivity contribution in [2.24, 2.45) is 0 Å². The van der Waals surface area contributed by atoms with Crippen molar-refractivity contribution in [3.8, 4) is 0 Å². The number of nitrogens with one attached hydrogen (secondary N) is 1. The van der Waals surface area contributed by atoms with Crippen LogP contribution in [0, 0.1) is 0 Å². The van der Waals surface area contributed by atoms with Crippen molar-refractivity contribution in [3.63, 3.8) is 0 Å². The molecule has 2 N–H and O–H groups in total. The van der Waals surface area contributed by atoms with E-state index in [1.807, 2.05) is 4.90 Å². The van der Waals surface area contributed by atoms with E-state index in [1.54, 1.807) is 0 Å². The highest BCUT2D eigenvalue weighted by molar-refractivity contribution is 7.92. The summed E-state index contributed by atoms with van der Waals surface area (Å²) in [5, 5.41) is 9.00. The molecular formula is C19H18ClF3N2O4S. The molecule has 162 valence electrons. The van der Waals surface area contributed by atoms with Crippen LogP contribution in [-0.2, 0) is 16.2 Å². The smallest absolute Gasteiger partial charge is 0.416 e. The summed E-state index contributed by atoms with van der Waals surface area (Å²) >= 11 is 5.77. The minimum absolute atomic E-state index is 0.158. The van der Waals surface area contributed by atoms with Gasteiger partial charge in [0.05, 0.1) is 32.4 Å². The van der Waals surface area contributed by atoms with Crippen molar-refractivity contribution in [2.75, 3.05) is 22.7 Å². The third kappa shape index (κ3) is 4.81. The Morgan fingerprint density at radius 1 is 1.07 bits per heavy atom. The lowest BCUT2D eigenvalue weighted by molar-refractivity contribution is -0.137. The molecule has 0 saturated carbocycles. The van der Waals surface area contributed by atoms with Gasteiger partial charge in [0.25, 0.3) is 10.0 Å². The lowest BCUT2D eigenvalue weighted by Crippen LogP contribution is -2.30. The summed E-state index contributed by atoms with van der Waals surface area (Å²) in [5.41, 5.74) is -1.32. The first-order valence-corrected chi connectivity index (χ1v) is 10.9. The van der Waals surface area contributed by atoms with Gasteiger partial charge < -0.3 is 10.0 Å². The molecule has 1 aliphatic rings. The normalized spacial score (nSPS) is 15.1. The van der Waals surface area contributed by atoms with E-state index in [4.69, 9.17) is 16.7 Å². The van der Waals surface area contributed by atoms with Gasteiger partial charge >= 0.3 is 12.1 Å². The minimum atomic E-state index is -4.66. The molecule has 0 bridgehead atoms. The molecule has 3 rings (SSSR count). The lowest BCUT2D eigenvalue weighted by atomic mass is 10.1. The van der Waals surface area contributed by atoms with Gasteiger partial charge in [-0.15, -0.1) is 0 Å². The van der Waals surface area contributed by atoms with Crippen molar-refractivity contribution in [2.45, 2.75) is 30.3 Å². The maximum Gasteiger partial charge on any atom is 0.416 e. The molecule has 1 saturated heterocycles. The first-order valence-electron chi connectivity index (χ1n) is 9.01. The number of hydrogen-bond acceptors (Lipinski definition) is 4. The summed E-state index contributed by atoms with van der Waals surface area (Å²) in [7, 11) is -4.38. The van der Waals surface area contributed by atoms with Crippen LogP contribution in [0.2, 0.25) is 5.02 Å². The van der Waals surface area contributed by atoms with E-state index in [1.165, 1.54) is 6.07 Å². The number of rotatable bonds is 5. The zero-order chi connectivity index (χ0) is 22.1. The third-order valence-corrected chi connectivity index (χ3v) is 6.44. The van der Waals surface area contributed by atoms with Gasteiger partial charge in [0.15, 0.2) is 0 Å². The van der Waals surface area contributed by atoms with Crippen LogP contribution in [0.5, 0.6) is 0 Å². The lowest BCUT2D eigenvalue weighted by Gasteiger charge is -2.31. The Morgan fingerprint density at radius 3 is 2.33 bits per heavy atom. The summed E-state index contributed by atoms with van der Waals surface area (Å²) in [6.45, 7) is 1.17. The van der Waals surface area contributed by atoms with Gasteiger partial charge in [0.2, 0.25) is 0 Å². The van der Waals surface area contributed by atoms with Crippen molar-refractivity contribution in [1.82, 2.24) is 0 Å². The number of carboxylic acid groups (broad SMARTS) is 1. The molecule has 0 spiro atoms. The fourth-order valence-corrected chi connectivity index (χ4v) is 4.53. The summed E-state index contributed by atoms with van der Waals surface area (Å²) in [5.74, 6) is -1.43. The molecule has 0 aromatic heterocycles. The molecular weight excluding hydrogens is 445 g/mol. The number of aromatic carboxylic acids is 1. The number of alkyl halides is 3. The number of nitrogens with zero attached hydrogens (tertiary/aromatic N) is 1. The summed E-state index contributed by atoms with van der Waals surface area (Å²) in [4.78, 5) is 12.6. The molecule has 1 fully saturated rings. The monoisotopic (exact) mass is 462 g/mol. The predicted octanol–water partition coefficient (Wildman–Crippen LogP) is 4.85. The van der Waals surface area contributed by atoms with Crippen LogP contribution >= 0.6 is 11.6 Å². The molecule has 1 aliphatic heterocycles. The number of halogens is 4. The van der Waals surface area contributed by atoms with Gasteiger partial charge in [-0.3, -0.25) is 4.72 Å². The van der Waals surface area contributed by atoms with Gasteiger partial charge in [-0.2, -0.15) is 13.2 Å². The van der Waals surface area contributed by atoms with Gasteiger partial charge in [-0.25, -0.2) is 13.2 Å². The molecule has 11 heteroatoms. The van der Waals surface area contributed by atoms with E-state index in [0.29, 0.717) is 18.8 Å². The highest BCUT2D eigenvalue weighted by atomic mass is 35.5. The van der Waals surface area contributed by atoms with E-state index in [2.05, 4.69) is 4.72 Å². The fraction of sp³-hybridized carbons (Fsp3) is 0.316. The van der Waals surface area contributed by atoms with Gasteiger partial charge in [-0.05, 0) is 55.7 Å². The number of carboxylic acids is 1. The van der Waals surface area contributed by atoms with Crippen molar-refractivity contribution < 1.29 is 31.5 Å². The van der Waals surface area contributed by atoms with E-state index >= 15 is 0 Å². The van der Waals surface area contributed by atoms with Crippen LogP contribution in [-0.4, -0.2) is 32.6 Å². The Morgan fingerprint density at radius 2 is 1.73 bits per heavy atom. The second-order valence-corrected chi connectivity index (χ2v) is 8.92. The molecule has 2 aromatic carbocycles. The van der Waals surface area contributed by atoms with Gasteiger partial charge in [-0.1, -0.05) is 11.6 Å². The largest absolute Gasteiger partial charge is 0.478 e. The fourth-order valence-electron chi connectivity index (χ4n) is 3.24. The Kier molecular flexibility index (Phi) is 6.19. The average Bonchev–Trinajstić information content (AvgIpc) is 2.67. The molecule has 0 radical (unpaired) electrons. The molecule has 1 heterocycles. The quantitative estimate of drug-likeness (QED) is 0.663. The summed E-state index contributed by atoms with van der Waals surface area (Å²) in [6, 6.07) is 5.96. The van der Waals surface area contributed by atoms with E-state index in [9.17, 15) is 26.4 Å². The average molecular weight is 463 g/mol. The first-order chi connectivity index (χ1) is 14.0. The van der Waals surface area contributed by atoms with Crippen LogP contribution in [0.3, 0.4) is 0 Å². The van der Waals surface area contributed by atoms with Crippen molar-refractivity contribution in [1.29, 1.82) is 0 Å². The Hall–Kier alpha value is -2.46. The second kappa shape index (κ2) is 8.35. The first kappa shape index (κ1) is 22.2. The Labute approximate surface area is 176 Å². The Bertz CT molecular complexity index is 1070. The van der Waals surface area contributed by atoms with Gasteiger partial charge in [0.1, 0.15) is 0 Å². The van der Waals surface area contributed by atoms with Crippen LogP contribution in [0.1, 0.15) is 35.2 Å². The van der Waals surface area contributed by atoms with Crippen molar-refractivity contribution >= 4 is 39.0 Å². The van der Waals surface area contributed by atoms with E-state index < -0.39 is 38.2 Å².